The van der Waals surface area contributed by atoms with Gasteiger partial charge in [-0.15, -0.1) is 0 Å². The van der Waals surface area contributed by atoms with Gasteiger partial charge in [-0.2, -0.15) is 0 Å². The van der Waals surface area contributed by atoms with Gasteiger partial charge in [0.2, 0.25) is 0 Å². The van der Waals surface area contributed by atoms with Gasteiger partial charge in [0.15, 0.2) is 5.96 Å². The van der Waals surface area contributed by atoms with E-state index in [1.807, 2.05) is 0 Å². The van der Waals surface area contributed by atoms with E-state index in [0.717, 1.165) is 0 Å². The highest BCUT2D eigenvalue weighted by Gasteiger charge is 2.34. The van der Waals surface area contributed by atoms with E-state index >= 15 is 0 Å². The number of ether oxygens (including phenoxy) is 1. The number of nitrogens with two attached hydrogens (primary N) is 2. The van der Waals surface area contributed by atoms with Crippen LogP contribution in [0.4, 0.5) is 4.39 Å². The number of halogens is 1. The number of nitrogens with zero attached hydrogens (tertiary/aromatic N) is 1. The van der Waals surface area contributed by atoms with Gasteiger partial charge < -0.3 is 21.3 Å². The molecule has 0 radical (unpaired) electrons. The summed E-state index contributed by atoms with van der Waals surface area (Å²) in [6, 6.07) is 0. The Bertz CT molecular complexity index is 221. The van der Waals surface area contributed by atoms with Gasteiger partial charge in [-0.05, 0) is 6.92 Å². The number of hydrogen-bond acceptors (Lipinski definition) is 3. The monoisotopic (exact) mass is 205 g/mol. The minimum atomic E-state index is -1.12. The van der Waals surface area contributed by atoms with Crippen LogP contribution in [0.15, 0.2) is 4.99 Å². The van der Waals surface area contributed by atoms with Crippen molar-refractivity contribution in [3.8, 4) is 0 Å². The topological polar surface area (TPSA) is 93.9 Å². The second kappa shape index (κ2) is 4.56. The molecular weight excluding hydrogens is 189 g/mol. The lowest BCUT2D eigenvalue weighted by atomic mass is 10.0. The van der Waals surface area contributed by atoms with Gasteiger partial charge in [0, 0.05) is 6.42 Å². The Kier molecular flexibility index (Phi) is 3.65. The van der Waals surface area contributed by atoms with Crippen LogP contribution in [0.25, 0.3) is 0 Å². The van der Waals surface area contributed by atoms with Crippen molar-refractivity contribution in [3.05, 3.63) is 0 Å². The summed E-state index contributed by atoms with van der Waals surface area (Å²) >= 11 is 0. The zero-order valence-electron chi connectivity index (χ0n) is 8.06. The maximum Gasteiger partial charge on any atom is 0.186 e. The van der Waals surface area contributed by atoms with Crippen LogP contribution in [0, 0.1) is 0 Å². The smallest absolute Gasteiger partial charge is 0.186 e. The van der Waals surface area contributed by atoms with Crippen LogP contribution >= 0.6 is 0 Å². The van der Waals surface area contributed by atoms with Gasteiger partial charge in [-0.1, -0.05) is 0 Å². The summed E-state index contributed by atoms with van der Waals surface area (Å²) in [5.41, 5.74) is 10.3. The minimum absolute atomic E-state index is 0.0594. The van der Waals surface area contributed by atoms with Crippen molar-refractivity contribution in [1.29, 1.82) is 0 Å². The fraction of sp³-hybridized carbons (Fsp3) is 0.875. The van der Waals surface area contributed by atoms with Crippen LogP contribution in [0.2, 0.25) is 0 Å². The Balaban J connectivity index is 2.49. The molecule has 0 aromatic heterocycles. The van der Waals surface area contributed by atoms with E-state index < -0.39 is 24.5 Å². The molecule has 0 saturated carbocycles. The number of alkyl halides is 1. The largest absolute Gasteiger partial charge is 0.390 e. The van der Waals surface area contributed by atoms with Crippen LogP contribution < -0.4 is 11.5 Å². The Hall–Kier alpha value is -0.880. The van der Waals surface area contributed by atoms with Gasteiger partial charge in [-0.25, -0.2) is 4.39 Å². The zero-order chi connectivity index (χ0) is 10.7. The maximum absolute atomic E-state index is 13.0. The van der Waals surface area contributed by atoms with Gasteiger partial charge in [-0.3, -0.25) is 4.99 Å². The van der Waals surface area contributed by atoms with Crippen LogP contribution in [-0.2, 0) is 4.74 Å². The maximum atomic E-state index is 13.0. The molecule has 82 valence electrons. The molecule has 5 nitrogen and oxygen atoms in total. The molecule has 0 aromatic carbocycles. The summed E-state index contributed by atoms with van der Waals surface area (Å²) < 4.78 is 18.2. The van der Waals surface area contributed by atoms with Gasteiger partial charge in [0.05, 0.1) is 18.8 Å². The first-order chi connectivity index (χ1) is 6.50. The van der Waals surface area contributed by atoms with Crippen molar-refractivity contribution in [2.75, 3.05) is 6.54 Å². The van der Waals surface area contributed by atoms with Crippen LogP contribution in [0.1, 0.15) is 13.3 Å². The van der Waals surface area contributed by atoms with Crippen molar-refractivity contribution < 1.29 is 14.2 Å². The molecule has 14 heavy (non-hydrogen) atoms. The van der Waals surface area contributed by atoms with Gasteiger partial charge in [0.1, 0.15) is 12.3 Å². The van der Waals surface area contributed by atoms with E-state index in [4.69, 9.17) is 16.2 Å². The van der Waals surface area contributed by atoms with Crippen LogP contribution in [-0.4, -0.2) is 42.1 Å². The van der Waals surface area contributed by atoms with E-state index in [1.165, 1.54) is 0 Å². The van der Waals surface area contributed by atoms with Crippen molar-refractivity contribution in [3.63, 3.8) is 0 Å². The lowest BCUT2D eigenvalue weighted by Crippen LogP contribution is -2.46. The Morgan fingerprint density at radius 3 is 2.86 bits per heavy atom. The van der Waals surface area contributed by atoms with Crippen molar-refractivity contribution in [2.45, 2.75) is 37.8 Å². The Morgan fingerprint density at radius 2 is 2.29 bits per heavy atom. The molecule has 1 fully saturated rings. The molecule has 6 heteroatoms. The second-order valence-corrected chi connectivity index (χ2v) is 3.46. The number of aliphatic imine (C=N–C) groups is 1. The summed E-state index contributed by atoms with van der Waals surface area (Å²) in [5, 5.41) is 9.45. The highest BCUT2D eigenvalue weighted by atomic mass is 19.1. The highest BCUT2D eigenvalue weighted by Crippen LogP contribution is 2.22. The first kappa shape index (κ1) is 11.2. The van der Waals surface area contributed by atoms with Gasteiger partial charge in [0.25, 0.3) is 0 Å². The molecule has 0 bridgehead atoms. The molecule has 1 rings (SSSR count). The molecule has 1 heterocycles. The molecule has 0 aliphatic carbocycles. The molecule has 5 N–H and O–H groups in total. The molecule has 4 atom stereocenters. The summed E-state index contributed by atoms with van der Waals surface area (Å²) in [6.45, 7) is 1.79. The number of aliphatic hydroxyl groups is 1. The molecular formula is C8H16FN3O2. The zero-order valence-corrected chi connectivity index (χ0v) is 8.06. The van der Waals surface area contributed by atoms with E-state index in [-0.39, 0.29) is 18.9 Å². The second-order valence-electron chi connectivity index (χ2n) is 3.46. The lowest BCUT2D eigenvalue weighted by molar-refractivity contribution is -0.138. The minimum Gasteiger partial charge on any atom is -0.390 e. The third-order valence-electron chi connectivity index (χ3n) is 2.25. The number of aliphatic hydroxyl groups excluding tert-OH is 1. The van der Waals surface area contributed by atoms with E-state index in [1.54, 1.807) is 6.92 Å². The molecule has 1 aliphatic heterocycles. The van der Waals surface area contributed by atoms with E-state index in [9.17, 15) is 9.50 Å². The molecule has 1 saturated heterocycles. The molecule has 0 unspecified atom stereocenters. The number of hydrogen-bond donors (Lipinski definition) is 3. The average Bonchev–Trinajstić information content (AvgIpc) is 2.09. The third kappa shape index (κ3) is 2.81. The predicted octanol–water partition coefficient (Wildman–Crippen LogP) is -0.864. The third-order valence-corrected chi connectivity index (χ3v) is 2.25. The van der Waals surface area contributed by atoms with Crippen molar-refractivity contribution in [2.24, 2.45) is 16.5 Å². The first-order valence-electron chi connectivity index (χ1n) is 4.53. The van der Waals surface area contributed by atoms with Crippen LogP contribution in [0.3, 0.4) is 0 Å². The molecule has 0 spiro atoms. The quantitative estimate of drug-likeness (QED) is 0.404. The Labute approximate surface area is 81.9 Å². The lowest BCUT2D eigenvalue weighted by Gasteiger charge is -2.33. The molecule has 0 amide bonds. The van der Waals surface area contributed by atoms with E-state index in [0.29, 0.717) is 0 Å². The first-order valence-corrected chi connectivity index (χ1v) is 4.53. The fourth-order valence-corrected chi connectivity index (χ4v) is 1.39. The fourth-order valence-electron chi connectivity index (χ4n) is 1.39. The standard InChI is InChI=1S/C8H16FN3O2/c1-4-5(9)2-6(13)7(14-4)3-12-8(10)11/h4-7,13H,2-3H2,1H3,(H4,10,11,12)/t4-,5-,6+,7-/m1/s1. The Morgan fingerprint density at radius 1 is 1.64 bits per heavy atom. The normalized spacial score (nSPS) is 37.9. The van der Waals surface area contributed by atoms with Crippen LogP contribution in [0.5, 0.6) is 0 Å². The van der Waals surface area contributed by atoms with Crippen molar-refractivity contribution >= 4 is 5.96 Å². The SMILES string of the molecule is C[C@H]1O[C@H](CN=C(N)N)[C@@H](O)C[C@H]1F. The number of guanidine groups is 1. The highest BCUT2D eigenvalue weighted by molar-refractivity contribution is 5.75. The average molecular weight is 205 g/mol. The summed E-state index contributed by atoms with van der Waals surface area (Å²) in [7, 11) is 0. The van der Waals surface area contributed by atoms with Crippen molar-refractivity contribution in [1.82, 2.24) is 0 Å². The molecule has 1 aliphatic rings. The summed E-state index contributed by atoms with van der Waals surface area (Å²) in [5.74, 6) is -0.0594. The van der Waals surface area contributed by atoms with Gasteiger partial charge >= 0.3 is 0 Å². The number of rotatable bonds is 2. The predicted molar refractivity (Wildman–Crippen MR) is 50.5 cm³/mol. The molecule has 0 aromatic rings. The van der Waals surface area contributed by atoms with E-state index in [2.05, 4.69) is 4.99 Å². The summed E-state index contributed by atoms with van der Waals surface area (Å²) in [4.78, 5) is 3.72. The summed E-state index contributed by atoms with van der Waals surface area (Å²) in [6.07, 6.45) is -2.92.